The lowest BCUT2D eigenvalue weighted by atomic mass is 10.1. The van der Waals surface area contributed by atoms with Crippen LogP contribution in [0, 0.1) is 0 Å². The molecule has 0 saturated carbocycles. The highest BCUT2D eigenvalue weighted by molar-refractivity contribution is 7.08. The Morgan fingerprint density at radius 2 is 1.77 bits per heavy atom. The van der Waals surface area contributed by atoms with Crippen molar-refractivity contribution >= 4 is 39.0 Å². The van der Waals surface area contributed by atoms with E-state index in [2.05, 4.69) is 59.1 Å². The fraction of sp³-hybridized carbons (Fsp3) is 0. The molecule has 0 spiro atoms. The van der Waals surface area contributed by atoms with Gasteiger partial charge in [0.15, 0.2) is 5.65 Å². The van der Waals surface area contributed by atoms with E-state index in [0.717, 1.165) is 49.9 Å². The molecule has 0 amide bonds. The second-order valence-corrected chi connectivity index (χ2v) is 7.82. The molecule has 0 aliphatic carbocycles. The van der Waals surface area contributed by atoms with Crippen LogP contribution in [0.1, 0.15) is 0 Å². The molecule has 144 valence electrons. The van der Waals surface area contributed by atoms with E-state index in [1.54, 1.807) is 29.9 Å². The number of thiophene rings is 1. The van der Waals surface area contributed by atoms with E-state index in [1.807, 2.05) is 18.5 Å². The summed E-state index contributed by atoms with van der Waals surface area (Å²) < 4.78 is 0. The number of nitrogens with two attached hydrogens (primary N) is 1. The molecule has 0 unspecified atom stereocenters. The topological polar surface area (TPSA) is 109 Å². The van der Waals surface area contributed by atoms with Crippen LogP contribution >= 0.6 is 11.3 Å². The Labute approximate surface area is 174 Å². The van der Waals surface area contributed by atoms with Crippen LogP contribution in [0.15, 0.2) is 66.0 Å². The Hall–Kier alpha value is -4.04. The van der Waals surface area contributed by atoms with Gasteiger partial charge in [-0.25, -0.2) is 4.98 Å². The van der Waals surface area contributed by atoms with Gasteiger partial charge in [-0.2, -0.15) is 16.4 Å². The lowest BCUT2D eigenvalue weighted by molar-refractivity contribution is 1.10. The average molecular weight is 409 g/mol. The summed E-state index contributed by atoms with van der Waals surface area (Å²) in [6, 6.07) is 8.18. The van der Waals surface area contributed by atoms with Crippen molar-refractivity contribution in [1.82, 2.24) is 30.1 Å². The van der Waals surface area contributed by atoms with Gasteiger partial charge in [0.2, 0.25) is 0 Å². The Bertz CT molecular complexity index is 1510. The molecule has 0 aliphatic heterocycles. The molecular weight excluding hydrogens is 394 g/mol. The summed E-state index contributed by atoms with van der Waals surface area (Å²) >= 11 is 1.67. The molecule has 0 bridgehead atoms. The first-order chi connectivity index (χ1) is 14.8. The summed E-state index contributed by atoms with van der Waals surface area (Å²) in [6.07, 6.45) is 8.94. The number of rotatable bonds is 3. The Balaban J connectivity index is 1.52. The van der Waals surface area contributed by atoms with Crippen LogP contribution in [0.5, 0.6) is 0 Å². The van der Waals surface area contributed by atoms with E-state index in [9.17, 15) is 0 Å². The molecular formula is C22H15N7S. The second-order valence-electron chi connectivity index (χ2n) is 7.04. The largest absolute Gasteiger partial charge is 0.397 e. The van der Waals surface area contributed by atoms with Gasteiger partial charge in [-0.15, -0.1) is 0 Å². The molecule has 30 heavy (non-hydrogen) atoms. The van der Waals surface area contributed by atoms with Gasteiger partial charge >= 0.3 is 0 Å². The van der Waals surface area contributed by atoms with Crippen molar-refractivity contribution in [1.29, 1.82) is 0 Å². The third kappa shape index (κ3) is 2.66. The molecule has 6 heterocycles. The van der Waals surface area contributed by atoms with Crippen LogP contribution in [0.4, 0.5) is 5.69 Å². The predicted octanol–water partition coefficient (Wildman–Crippen LogP) is 4.87. The SMILES string of the molecule is Nc1cncc(-c2cnc3n[nH]c(-c4cc5c(-c6ccsc6)cncc5[nH]4)c3c2)c1. The second kappa shape index (κ2) is 6.50. The van der Waals surface area contributed by atoms with Crippen molar-refractivity contribution in [2.75, 3.05) is 5.73 Å². The number of hydrogen-bond donors (Lipinski definition) is 3. The lowest BCUT2D eigenvalue weighted by Gasteiger charge is -2.02. The zero-order chi connectivity index (χ0) is 20.1. The number of anilines is 1. The molecule has 8 heteroatoms. The number of nitrogens with one attached hydrogen (secondary N) is 2. The van der Waals surface area contributed by atoms with Crippen LogP contribution in [0.3, 0.4) is 0 Å². The van der Waals surface area contributed by atoms with E-state index in [4.69, 9.17) is 5.73 Å². The minimum atomic E-state index is 0.615. The predicted molar refractivity (Wildman–Crippen MR) is 120 cm³/mol. The molecule has 0 atom stereocenters. The van der Waals surface area contributed by atoms with Gasteiger partial charge in [0.25, 0.3) is 0 Å². The van der Waals surface area contributed by atoms with E-state index < -0.39 is 0 Å². The highest BCUT2D eigenvalue weighted by Crippen LogP contribution is 2.34. The van der Waals surface area contributed by atoms with Crippen molar-refractivity contribution in [3.05, 3.63) is 66.0 Å². The zero-order valence-corrected chi connectivity index (χ0v) is 16.4. The van der Waals surface area contributed by atoms with Crippen LogP contribution in [0.2, 0.25) is 0 Å². The summed E-state index contributed by atoms with van der Waals surface area (Å²) in [5.74, 6) is 0. The number of pyridine rings is 3. The van der Waals surface area contributed by atoms with E-state index >= 15 is 0 Å². The number of nitrogens with zero attached hydrogens (tertiary/aromatic N) is 4. The number of aromatic nitrogens is 6. The van der Waals surface area contributed by atoms with Gasteiger partial charge in [-0.3, -0.25) is 15.1 Å². The average Bonchev–Trinajstić information content (AvgIpc) is 3.51. The quantitative estimate of drug-likeness (QED) is 0.386. The standard InChI is InChI=1S/C22H15N7S/c23-15-3-13(6-24-8-15)14-4-17-21(28-29-22(17)26-7-14)19-5-16-18(12-1-2-30-11-12)9-25-10-20(16)27-19/h1-11,27H,23H2,(H,26,28,29). The maximum Gasteiger partial charge on any atom is 0.181 e. The molecule has 6 aromatic rings. The monoisotopic (exact) mass is 409 g/mol. The number of hydrogen-bond acceptors (Lipinski definition) is 6. The minimum absolute atomic E-state index is 0.615. The Morgan fingerprint density at radius 1 is 0.867 bits per heavy atom. The summed E-state index contributed by atoms with van der Waals surface area (Å²) in [4.78, 5) is 16.6. The van der Waals surface area contributed by atoms with E-state index in [0.29, 0.717) is 11.3 Å². The van der Waals surface area contributed by atoms with Crippen molar-refractivity contribution in [2.45, 2.75) is 0 Å². The fourth-order valence-electron chi connectivity index (χ4n) is 3.71. The van der Waals surface area contributed by atoms with Crippen LogP contribution < -0.4 is 5.73 Å². The maximum atomic E-state index is 5.90. The zero-order valence-electron chi connectivity index (χ0n) is 15.6. The number of H-pyrrole nitrogens is 2. The number of fused-ring (bicyclic) bond motifs is 2. The van der Waals surface area contributed by atoms with Crippen molar-refractivity contribution in [3.63, 3.8) is 0 Å². The molecule has 0 aromatic carbocycles. The van der Waals surface area contributed by atoms with Gasteiger partial charge in [0.1, 0.15) is 0 Å². The third-order valence-electron chi connectivity index (χ3n) is 5.15. The van der Waals surface area contributed by atoms with Gasteiger partial charge in [-0.1, -0.05) is 0 Å². The first kappa shape index (κ1) is 16.9. The molecule has 4 N–H and O–H groups in total. The molecule has 0 saturated heterocycles. The first-order valence-corrected chi connectivity index (χ1v) is 10.3. The molecule has 6 aromatic heterocycles. The minimum Gasteiger partial charge on any atom is -0.397 e. The van der Waals surface area contributed by atoms with Crippen LogP contribution in [-0.2, 0) is 0 Å². The molecule has 0 aliphatic rings. The van der Waals surface area contributed by atoms with Gasteiger partial charge in [0, 0.05) is 52.3 Å². The highest BCUT2D eigenvalue weighted by atomic mass is 32.1. The van der Waals surface area contributed by atoms with E-state index in [1.165, 1.54) is 0 Å². The van der Waals surface area contributed by atoms with Gasteiger partial charge in [0.05, 0.1) is 28.8 Å². The van der Waals surface area contributed by atoms with E-state index in [-0.39, 0.29) is 0 Å². The first-order valence-electron chi connectivity index (χ1n) is 9.31. The van der Waals surface area contributed by atoms with Crippen LogP contribution in [0.25, 0.3) is 55.6 Å². The third-order valence-corrected chi connectivity index (χ3v) is 5.83. The molecule has 7 nitrogen and oxygen atoms in total. The van der Waals surface area contributed by atoms with Crippen molar-refractivity contribution in [2.24, 2.45) is 0 Å². The summed E-state index contributed by atoms with van der Waals surface area (Å²) in [6.45, 7) is 0. The highest BCUT2D eigenvalue weighted by Gasteiger charge is 2.15. The van der Waals surface area contributed by atoms with Gasteiger partial charge < -0.3 is 10.7 Å². The Morgan fingerprint density at radius 3 is 2.63 bits per heavy atom. The summed E-state index contributed by atoms with van der Waals surface area (Å²) in [5.41, 5.74) is 14.1. The fourth-order valence-corrected chi connectivity index (χ4v) is 4.37. The lowest BCUT2D eigenvalue weighted by Crippen LogP contribution is -1.88. The molecule has 0 fully saturated rings. The normalized spacial score (nSPS) is 11.5. The van der Waals surface area contributed by atoms with Crippen LogP contribution in [-0.4, -0.2) is 30.1 Å². The number of nitrogen functional groups attached to an aromatic ring is 1. The Kier molecular flexibility index (Phi) is 3.65. The maximum absolute atomic E-state index is 5.90. The molecule has 6 rings (SSSR count). The number of aromatic amines is 2. The summed E-state index contributed by atoms with van der Waals surface area (Å²) in [7, 11) is 0. The van der Waals surface area contributed by atoms with Crippen molar-refractivity contribution in [3.8, 4) is 33.6 Å². The summed E-state index contributed by atoms with van der Waals surface area (Å²) in [5, 5.41) is 13.8. The smallest absolute Gasteiger partial charge is 0.181 e. The molecule has 0 radical (unpaired) electrons. The van der Waals surface area contributed by atoms with Gasteiger partial charge in [-0.05, 0) is 40.6 Å². The van der Waals surface area contributed by atoms with Crippen molar-refractivity contribution < 1.29 is 0 Å².